The zero-order valence-electron chi connectivity index (χ0n) is 11.9. The molecule has 1 heterocycles. The predicted molar refractivity (Wildman–Crippen MR) is 76.3 cm³/mol. The monoisotopic (exact) mass is 276 g/mol. The lowest BCUT2D eigenvalue weighted by molar-refractivity contribution is 0.0617. The van der Waals surface area contributed by atoms with Crippen molar-refractivity contribution in [1.82, 2.24) is 15.0 Å². The number of benzene rings is 1. The Kier molecular flexibility index (Phi) is 5.52. The molecule has 0 atom stereocenters. The molecule has 20 heavy (non-hydrogen) atoms. The highest BCUT2D eigenvalue weighted by Crippen LogP contribution is 2.12. The smallest absolute Gasteiger partial charge is 0.0774 e. The minimum atomic E-state index is 0.589. The molecule has 0 fully saturated rings. The highest BCUT2D eigenvalue weighted by Gasteiger charge is 2.00. The van der Waals surface area contributed by atoms with Gasteiger partial charge in [0.05, 0.1) is 38.3 Å². The highest BCUT2D eigenvalue weighted by molar-refractivity contribution is 5.45. The molecule has 0 bridgehead atoms. The van der Waals surface area contributed by atoms with Gasteiger partial charge in [0, 0.05) is 19.8 Å². The predicted octanol–water partition coefficient (Wildman–Crippen LogP) is 1.59. The molecule has 0 spiro atoms. The standard InChI is InChI=1S/C14H20N4O2/c1-18-14(10-16-17-18)9-15-13-5-3-4-12(8-13)11-20-7-6-19-2/h3-5,8,10,15H,6-7,9,11H2,1-2H3. The summed E-state index contributed by atoms with van der Waals surface area (Å²) in [5.41, 5.74) is 3.22. The topological polar surface area (TPSA) is 61.2 Å². The average molecular weight is 276 g/mol. The summed E-state index contributed by atoms with van der Waals surface area (Å²) in [4.78, 5) is 0. The molecule has 6 heteroatoms. The van der Waals surface area contributed by atoms with Crippen molar-refractivity contribution in [3.63, 3.8) is 0 Å². The number of nitrogens with one attached hydrogen (secondary N) is 1. The van der Waals surface area contributed by atoms with Crippen LogP contribution in [-0.2, 0) is 29.7 Å². The van der Waals surface area contributed by atoms with Crippen molar-refractivity contribution in [2.75, 3.05) is 25.6 Å². The van der Waals surface area contributed by atoms with Gasteiger partial charge in [-0.1, -0.05) is 17.3 Å². The SMILES string of the molecule is COCCOCc1cccc(NCc2cnnn2C)c1. The van der Waals surface area contributed by atoms with Crippen molar-refractivity contribution in [3.05, 3.63) is 41.7 Å². The molecule has 2 rings (SSSR count). The van der Waals surface area contributed by atoms with E-state index in [1.165, 1.54) is 0 Å². The number of hydrogen-bond acceptors (Lipinski definition) is 5. The molecule has 2 aromatic rings. The van der Waals surface area contributed by atoms with E-state index in [-0.39, 0.29) is 0 Å². The average Bonchev–Trinajstić information content (AvgIpc) is 2.87. The van der Waals surface area contributed by atoms with E-state index in [1.54, 1.807) is 18.0 Å². The van der Waals surface area contributed by atoms with Gasteiger partial charge >= 0.3 is 0 Å². The van der Waals surface area contributed by atoms with Crippen LogP contribution in [0.15, 0.2) is 30.5 Å². The molecule has 0 saturated carbocycles. The van der Waals surface area contributed by atoms with Gasteiger partial charge in [-0.2, -0.15) is 0 Å². The fourth-order valence-corrected chi connectivity index (χ4v) is 1.77. The fourth-order valence-electron chi connectivity index (χ4n) is 1.77. The van der Waals surface area contributed by atoms with Crippen LogP contribution in [0.2, 0.25) is 0 Å². The second kappa shape index (κ2) is 7.62. The number of anilines is 1. The molecule has 0 saturated heterocycles. The van der Waals surface area contributed by atoms with Gasteiger partial charge in [-0.05, 0) is 17.7 Å². The molecule has 0 amide bonds. The van der Waals surface area contributed by atoms with Gasteiger partial charge in [-0.15, -0.1) is 5.10 Å². The fraction of sp³-hybridized carbons (Fsp3) is 0.429. The lowest BCUT2D eigenvalue weighted by Crippen LogP contribution is -2.06. The van der Waals surface area contributed by atoms with Crippen LogP contribution in [-0.4, -0.2) is 35.3 Å². The Labute approximate surface area is 118 Å². The molecule has 1 aromatic heterocycles. The first-order valence-corrected chi connectivity index (χ1v) is 6.52. The van der Waals surface area contributed by atoms with Gasteiger partial charge in [0.2, 0.25) is 0 Å². The highest BCUT2D eigenvalue weighted by atomic mass is 16.5. The largest absolute Gasteiger partial charge is 0.382 e. The van der Waals surface area contributed by atoms with Crippen LogP contribution < -0.4 is 5.32 Å². The van der Waals surface area contributed by atoms with Crippen molar-refractivity contribution in [1.29, 1.82) is 0 Å². The molecule has 6 nitrogen and oxygen atoms in total. The van der Waals surface area contributed by atoms with Gasteiger partial charge in [-0.25, -0.2) is 0 Å². The molecule has 0 unspecified atom stereocenters. The van der Waals surface area contributed by atoms with E-state index < -0.39 is 0 Å². The normalized spacial score (nSPS) is 10.7. The molecule has 0 aliphatic rings. The number of nitrogens with zero attached hydrogens (tertiary/aromatic N) is 3. The van der Waals surface area contributed by atoms with Crippen molar-refractivity contribution < 1.29 is 9.47 Å². The van der Waals surface area contributed by atoms with Crippen LogP contribution in [0.1, 0.15) is 11.3 Å². The number of aromatic nitrogens is 3. The summed E-state index contributed by atoms with van der Waals surface area (Å²) < 4.78 is 12.2. The summed E-state index contributed by atoms with van der Waals surface area (Å²) in [5, 5.41) is 11.1. The second-order valence-corrected chi connectivity index (χ2v) is 4.45. The van der Waals surface area contributed by atoms with E-state index in [1.807, 2.05) is 25.2 Å². The van der Waals surface area contributed by atoms with E-state index in [9.17, 15) is 0 Å². The molecular formula is C14H20N4O2. The minimum Gasteiger partial charge on any atom is -0.382 e. The first-order chi connectivity index (χ1) is 9.79. The molecular weight excluding hydrogens is 256 g/mol. The number of rotatable bonds is 8. The quantitative estimate of drug-likeness (QED) is 0.742. The Hall–Kier alpha value is -1.92. The van der Waals surface area contributed by atoms with Crippen molar-refractivity contribution in [3.8, 4) is 0 Å². The van der Waals surface area contributed by atoms with Crippen LogP contribution in [0.4, 0.5) is 5.69 Å². The Morgan fingerprint density at radius 3 is 2.95 bits per heavy atom. The Bertz CT molecular complexity index is 527. The first kappa shape index (κ1) is 14.5. The third-order valence-electron chi connectivity index (χ3n) is 2.91. The molecule has 108 valence electrons. The maximum atomic E-state index is 5.51. The summed E-state index contributed by atoms with van der Waals surface area (Å²) in [6.07, 6.45) is 1.75. The third-order valence-corrected chi connectivity index (χ3v) is 2.91. The van der Waals surface area contributed by atoms with Crippen LogP contribution in [0, 0.1) is 0 Å². The van der Waals surface area contributed by atoms with E-state index >= 15 is 0 Å². The van der Waals surface area contributed by atoms with Gasteiger partial charge in [0.1, 0.15) is 0 Å². The van der Waals surface area contributed by atoms with Crippen LogP contribution in [0.5, 0.6) is 0 Å². The number of ether oxygens (including phenoxy) is 2. The van der Waals surface area contributed by atoms with Crippen molar-refractivity contribution in [2.24, 2.45) is 7.05 Å². The zero-order chi connectivity index (χ0) is 14.2. The molecule has 0 radical (unpaired) electrons. The Morgan fingerprint density at radius 1 is 1.30 bits per heavy atom. The van der Waals surface area contributed by atoms with Gasteiger partial charge in [-0.3, -0.25) is 4.68 Å². The Morgan fingerprint density at radius 2 is 2.20 bits per heavy atom. The van der Waals surface area contributed by atoms with Crippen LogP contribution >= 0.6 is 0 Å². The maximum absolute atomic E-state index is 5.51. The molecule has 0 aliphatic heterocycles. The second-order valence-electron chi connectivity index (χ2n) is 4.45. The third kappa shape index (κ3) is 4.32. The number of aryl methyl sites for hydroxylation is 1. The lowest BCUT2D eigenvalue weighted by Gasteiger charge is -2.09. The van der Waals surface area contributed by atoms with Crippen LogP contribution in [0.25, 0.3) is 0 Å². The molecule has 1 aromatic carbocycles. The summed E-state index contributed by atoms with van der Waals surface area (Å²) in [6, 6.07) is 8.17. The zero-order valence-corrected chi connectivity index (χ0v) is 11.9. The number of methoxy groups -OCH3 is 1. The molecule has 0 aliphatic carbocycles. The Balaban J connectivity index is 1.84. The van der Waals surface area contributed by atoms with Crippen LogP contribution in [0.3, 0.4) is 0 Å². The summed E-state index contributed by atoms with van der Waals surface area (Å²) in [7, 11) is 3.55. The van der Waals surface area contributed by atoms with Crippen molar-refractivity contribution >= 4 is 5.69 Å². The first-order valence-electron chi connectivity index (χ1n) is 6.52. The summed E-state index contributed by atoms with van der Waals surface area (Å²) in [6.45, 7) is 2.50. The summed E-state index contributed by atoms with van der Waals surface area (Å²) in [5.74, 6) is 0. The molecule has 1 N–H and O–H groups in total. The number of hydrogen-bond donors (Lipinski definition) is 1. The van der Waals surface area contributed by atoms with E-state index in [4.69, 9.17) is 9.47 Å². The van der Waals surface area contributed by atoms with E-state index in [0.29, 0.717) is 26.4 Å². The van der Waals surface area contributed by atoms with E-state index in [0.717, 1.165) is 16.9 Å². The van der Waals surface area contributed by atoms with Gasteiger partial charge in [0.25, 0.3) is 0 Å². The van der Waals surface area contributed by atoms with Gasteiger partial charge in [0.15, 0.2) is 0 Å². The van der Waals surface area contributed by atoms with Crippen molar-refractivity contribution in [2.45, 2.75) is 13.2 Å². The maximum Gasteiger partial charge on any atom is 0.0774 e. The van der Waals surface area contributed by atoms with Gasteiger partial charge < -0.3 is 14.8 Å². The lowest BCUT2D eigenvalue weighted by atomic mass is 10.2. The minimum absolute atomic E-state index is 0.589. The summed E-state index contributed by atoms with van der Waals surface area (Å²) >= 11 is 0. The van der Waals surface area contributed by atoms with E-state index in [2.05, 4.69) is 21.7 Å².